The number of primary amides is 1. The van der Waals surface area contributed by atoms with Gasteiger partial charge in [0.15, 0.2) is 0 Å². The predicted octanol–water partition coefficient (Wildman–Crippen LogP) is 1.99. The zero-order valence-corrected chi connectivity index (χ0v) is 11.1. The maximum atomic E-state index is 11.6. The molecule has 4 nitrogen and oxygen atoms in total. The summed E-state index contributed by atoms with van der Waals surface area (Å²) >= 11 is 0. The molecule has 1 aromatic carbocycles. The number of hydrogen-bond donors (Lipinski definition) is 2. The van der Waals surface area contributed by atoms with Crippen LogP contribution in [0.1, 0.15) is 36.0 Å². The fourth-order valence-electron chi connectivity index (χ4n) is 2.59. The number of nitrogen functional groups attached to an aromatic ring is 1. The van der Waals surface area contributed by atoms with Gasteiger partial charge in [-0.2, -0.15) is 0 Å². The van der Waals surface area contributed by atoms with Crippen molar-refractivity contribution in [3.63, 3.8) is 0 Å². The number of hydrogen-bond acceptors (Lipinski definition) is 3. The van der Waals surface area contributed by atoms with E-state index in [0.29, 0.717) is 11.3 Å². The van der Waals surface area contributed by atoms with Gasteiger partial charge in [0.05, 0.1) is 16.9 Å². The Bertz CT molecular complexity index is 478. The Morgan fingerprint density at radius 2 is 1.74 bits per heavy atom. The Balaban J connectivity index is 1.92. The van der Waals surface area contributed by atoms with Gasteiger partial charge >= 0.3 is 0 Å². The lowest BCUT2D eigenvalue weighted by Gasteiger charge is -2.28. The van der Waals surface area contributed by atoms with E-state index in [2.05, 4.69) is 4.90 Å². The van der Waals surface area contributed by atoms with Crippen LogP contribution < -0.4 is 16.4 Å². The van der Waals surface area contributed by atoms with Gasteiger partial charge in [-0.15, -0.1) is 0 Å². The molecule has 4 heteroatoms. The minimum atomic E-state index is -0.390. The van der Waals surface area contributed by atoms with E-state index in [9.17, 15) is 4.79 Å². The number of benzene rings is 1. The zero-order valence-electron chi connectivity index (χ0n) is 11.1. The molecular weight excluding hydrogens is 238 g/mol. The molecule has 4 N–H and O–H groups in total. The molecule has 2 aliphatic carbocycles. The standard InChI is InChI=1S/C15H21N3O/c16-13-3-1-2-12(15(17)19)14(13)18(8-10-4-5-10)9-11-6-7-11/h1-3,10-11H,4-9,16H2,(H2,17,19). The third-order valence-electron chi connectivity index (χ3n) is 4.00. The molecule has 2 aliphatic rings. The summed E-state index contributed by atoms with van der Waals surface area (Å²) in [5.41, 5.74) is 13.7. The van der Waals surface area contributed by atoms with E-state index in [-0.39, 0.29) is 5.91 Å². The molecular formula is C15H21N3O. The van der Waals surface area contributed by atoms with Crippen LogP contribution in [0.2, 0.25) is 0 Å². The Hall–Kier alpha value is -1.71. The second-order valence-corrected chi connectivity index (χ2v) is 5.90. The van der Waals surface area contributed by atoms with Crippen LogP contribution in [0.5, 0.6) is 0 Å². The normalized spacial score (nSPS) is 18.3. The van der Waals surface area contributed by atoms with Crippen molar-refractivity contribution < 1.29 is 4.79 Å². The van der Waals surface area contributed by atoms with Crippen molar-refractivity contribution in [1.29, 1.82) is 0 Å². The van der Waals surface area contributed by atoms with Gasteiger partial charge in [0, 0.05) is 13.1 Å². The molecule has 0 radical (unpaired) electrons. The highest BCUT2D eigenvalue weighted by Crippen LogP contribution is 2.38. The summed E-state index contributed by atoms with van der Waals surface area (Å²) in [6, 6.07) is 5.43. The van der Waals surface area contributed by atoms with Crippen LogP contribution in [0.15, 0.2) is 18.2 Å². The number of para-hydroxylation sites is 1. The highest BCUT2D eigenvalue weighted by molar-refractivity contribution is 6.01. The maximum Gasteiger partial charge on any atom is 0.250 e. The average molecular weight is 259 g/mol. The number of nitrogens with two attached hydrogens (primary N) is 2. The van der Waals surface area contributed by atoms with Gasteiger partial charge in [-0.1, -0.05) is 6.07 Å². The summed E-state index contributed by atoms with van der Waals surface area (Å²) in [6.07, 6.45) is 5.17. The summed E-state index contributed by atoms with van der Waals surface area (Å²) in [7, 11) is 0. The largest absolute Gasteiger partial charge is 0.397 e. The van der Waals surface area contributed by atoms with Gasteiger partial charge in [-0.3, -0.25) is 4.79 Å². The summed E-state index contributed by atoms with van der Waals surface area (Å²) in [4.78, 5) is 13.9. The Kier molecular flexibility index (Phi) is 3.09. The average Bonchev–Trinajstić information content (AvgIpc) is 3.23. The quantitative estimate of drug-likeness (QED) is 0.767. The maximum absolute atomic E-state index is 11.6. The van der Waals surface area contributed by atoms with E-state index < -0.39 is 0 Å². The van der Waals surface area contributed by atoms with Crippen LogP contribution in [0.4, 0.5) is 11.4 Å². The minimum absolute atomic E-state index is 0.390. The second-order valence-electron chi connectivity index (χ2n) is 5.90. The van der Waals surface area contributed by atoms with E-state index in [0.717, 1.165) is 30.6 Å². The second kappa shape index (κ2) is 4.76. The van der Waals surface area contributed by atoms with Crippen LogP contribution in [0, 0.1) is 11.8 Å². The van der Waals surface area contributed by atoms with Gasteiger partial charge in [0.1, 0.15) is 0 Å². The van der Waals surface area contributed by atoms with E-state index in [1.807, 2.05) is 6.07 Å². The first-order chi connectivity index (χ1) is 9.15. The van der Waals surface area contributed by atoms with E-state index in [1.54, 1.807) is 12.1 Å². The summed E-state index contributed by atoms with van der Waals surface area (Å²) < 4.78 is 0. The molecule has 1 aromatic rings. The molecule has 19 heavy (non-hydrogen) atoms. The molecule has 0 heterocycles. The van der Waals surface area contributed by atoms with E-state index in [4.69, 9.17) is 11.5 Å². The number of amides is 1. The molecule has 0 atom stereocenters. The van der Waals surface area contributed by atoms with Gasteiger partial charge in [0.2, 0.25) is 0 Å². The topological polar surface area (TPSA) is 72.3 Å². The number of carbonyl (C=O) groups is 1. The molecule has 0 bridgehead atoms. The molecule has 102 valence electrons. The fraction of sp³-hybridized carbons (Fsp3) is 0.533. The molecule has 0 saturated heterocycles. The highest BCUT2D eigenvalue weighted by atomic mass is 16.1. The van der Waals surface area contributed by atoms with Crippen molar-refractivity contribution in [1.82, 2.24) is 0 Å². The third-order valence-corrected chi connectivity index (χ3v) is 4.00. The number of carbonyl (C=O) groups excluding carboxylic acids is 1. The Labute approximate surface area is 113 Å². The summed E-state index contributed by atoms with van der Waals surface area (Å²) in [5.74, 6) is 1.14. The molecule has 2 fully saturated rings. The molecule has 0 unspecified atom stereocenters. The lowest BCUT2D eigenvalue weighted by atomic mass is 10.1. The SMILES string of the molecule is NC(=O)c1cccc(N)c1N(CC1CC1)CC1CC1. The first-order valence-corrected chi connectivity index (χ1v) is 7.08. The van der Waals surface area contributed by atoms with Gasteiger partial charge in [0.25, 0.3) is 5.91 Å². The molecule has 2 saturated carbocycles. The lowest BCUT2D eigenvalue weighted by Crippen LogP contribution is -2.31. The van der Waals surface area contributed by atoms with Gasteiger partial charge in [-0.05, 0) is 49.7 Å². The van der Waals surface area contributed by atoms with Gasteiger partial charge in [-0.25, -0.2) is 0 Å². The van der Waals surface area contributed by atoms with Crippen LogP contribution in [-0.2, 0) is 0 Å². The number of rotatable bonds is 6. The molecule has 3 rings (SSSR count). The van der Waals surface area contributed by atoms with Crippen LogP contribution in [0.25, 0.3) is 0 Å². The van der Waals surface area contributed by atoms with Crippen molar-refractivity contribution in [3.8, 4) is 0 Å². The molecule has 0 aliphatic heterocycles. The fourth-order valence-corrected chi connectivity index (χ4v) is 2.59. The van der Waals surface area contributed by atoms with E-state index >= 15 is 0 Å². The minimum Gasteiger partial charge on any atom is -0.397 e. The first kappa shape index (κ1) is 12.3. The zero-order chi connectivity index (χ0) is 13.4. The van der Waals surface area contributed by atoms with Crippen LogP contribution in [-0.4, -0.2) is 19.0 Å². The monoisotopic (exact) mass is 259 g/mol. The Morgan fingerprint density at radius 3 is 2.21 bits per heavy atom. The predicted molar refractivity (Wildman–Crippen MR) is 77.0 cm³/mol. The number of nitrogens with zero attached hydrogens (tertiary/aromatic N) is 1. The summed E-state index contributed by atoms with van der Waals surface area (Å²) in [5, 5.41) is 0. The lowest BCUT2D eigenvalue weighted by molar-refractivity contribution is 0.100. The highest BCUT2D eigenvalue weighted by Gasteiger charge is 2.31. The van der Waals surface area contributed by atoms with Crippen molar-refractivity contribution in [2.24, 2.45) is 17.6 Å². The van der Waals surface area contributed by atoms with Gasteiger partial charge < -0.3 is 16.4 Å². The van der Waals surface area contributed by atoms with Crippen molar-refractivity contribution in [2.75, 3.05) is 23.7 Å². The van der Waals surface area contributed by atoms with Crippen molar-refractivity contribution in [2.45, 2.75) is 25.7 Å². The molecule has 0 aromatic heterocycles. The molecule has 0 spiro atoms. The van der Waals surface area contributed by atoms with Crippen LogP contribution >= 0.6 is 0 Å². The summed E-state index contributed by atoms with van der Waals surface area (Å²) in [6.45, 7) is 2.01. The third kappa shape index (κ3) is 2.83. The first-order valence-electron chi connectivity index (χ1n) is 7.08. The number of anilines is 2. The van der Waals surface area contributed by atoms with Crippen molar-refractivity contribution >= 4 is 17.3 Å². The van der Waals surface area contributed by atoms with Crippen LogP contribution in [0.3, 0.4) is 0 Å². The van der Waals surface area contributed by atoms with Crippen molar-refractivity contribution in [3.05, 3.63) is 23.8 Å². The molecule has 1 amide bonds. The smallest absolute Gasteiger partial charge is 0.250 e. The Morgan fingerprint density at radius 1 is 1.16 bits per heavy atom. The van der Waals surface area contributed by atoms with E-state index in [1.165, 1.54) is 25.7 Å².